The molecule has 0 spiro atoms. The molecule has 0 saturated carbocycles. The minimum absolute atomic E-state index is 0.287. The summed E-state index contributed by atoms with van der Waals surface area (Å²) in [5.41, 5.74) is 7.30. The lowest BCUT2D eigenvalue weighted by Gasteiger charge is -2.15. The molecule has 1 aliphatic rings. The van der Waals surface area contributed by atoms with Crippen LogP contribution in [0, 0.1) is 13.8 Å². The summed E-state index contributed by atoms with van der Waals surface area (Å²) in [5.74, 6) is 1.22. The fraction of sp³-hybridized carbons (Fsp3) is 0.310. The summed E-state index contributed by atoms with van der Waals surface area (Å²) in [5, 5.41) is 11.1. The van der Waals surface area contributed by atoms with E-state index in [1.165, 1.54) is 59.2 Å². The van der Waals surface area contributed by atoms with Gasteiger partial charge in [0.05, 0.1) is 5.69 Å². The van der Waals surface area contributed by atoms with Gasteiger partial charge in [-0.3, -0.25) is 4.90 Å². The van der Waals surface area contributed by atoms with Crippen LogP contribution in [0.4, 0.5) is 0 Å². The topological polar surface area (TPSA) is 37.6 Å². The number of aryl methyl sites for hydroxylation is 2. The predicted molar refractivity (Wildman–Crippen MR) is 135 cm³/mol. The minimum Gasteiger partial charge on any atom is -0.508 e. The zero-order valence-corrected chi connectivity index (χ0v) is 19.6. The van der Waals surface area contributed by atoms with Crippen molar-refractivity contribution < 1.29 is 9.84 Å². The smallest absolute Gasteiger partial charge is 0.119 e. The fourth-order valence-electron chi connectivity index (χ4n) is 4.96. The zero-order chi connectivity index (χ0) is 22.8. The molecule has 1 saturated heterocycles. The molecule has 170 valence electrons. The molecule has 1 fully saturated rings. The molecule has 0 amide bonds. The Balaban J connectivity index is 1.41. The van der Waals surface area contributed by atoms with E-state index >= 15 is 0 Å². The van der Waals surface area contributed by atoms with Crippen LogP contribution in [-0.2, 0) is 6.54 Å². The van der Waals surface area contributed by atoms with Crippen molar-refractivity contribution >= 4 is 10.9 Å². The van der Waals surface area contributed by atoms with E-state index in [1.54, 1.807) is 12.1 Å². The van der Waals surface area contributed by atoms with Crippen molar-refractivity contribution in [2.24, 2.45) is 0 Å². The Morgan fingerprint density at radius 2 is 1.61 bits per heavy atom. The monoisotopic (exact) mass is 440 g/mol. The van der Waals surface area contributed by atoms with Crippen LogP contribution >= 0.6 is 0 Å². The standard InChI is InChI=1S/C29H32N2O2/c1-21-5-14-28-27(19-21)22(2)29(24-8-10-25(32)11-9-24)31(28)20-23-6-12-26(13-7-23)33-18-17-30-15-3-4-16-30/h5-14,19,32H,3-4,15-18,20H2,1-2H3. The number of phenols is 1. The molecule has 1 N–H and O–H groups in total. The number of hydrogen-bond donors (Lipinski definition) is 1. The summed E-state index contributed by atoms with van der Waals surface area (Å²) in [4.78, 5) is 2.47. The number of benzene rings is 3. The molecular weight excluding hydrogens is 408 g/mol. The molecule has 0 bridgehead atoms. The third-order valence-corrected chi connectivity index (χ3v) is 6.75. The van der Waals surface area contributed by atoms with Gasteiger partial charge in [-0.15, -0.1) is 0 Å². The maximum atomic E-state index is 9.78. The normalized spacial score (nSPS) is 14.2. The molecule has 1 aliphatic heterocycles. The molecule has 4 nitrogen and oxygen atoms in total. The Labute approximate surface area is 196 Å². The van der Waals surface area contributed by atoms with Gasteiger partial charge < -0.3 is 14.4 Å². The van der Waals surface area contributed by atoms with Gasteiger partial charge >= 0.3 is 0 Å². The van der Waals surface area contributed by atoms with E-state index in [-0.39, 0.29) is 5.75 Å². The van der Waals surface area contributed by atoms with Gasteiger partial charge in [0.2, 0.25) is 0 Å². The van der Waals surface area contributed by atoms with Gasteiger partial charge in [-0.2, -0.15) is 0 Å². The Hall–Kier alpha value is -3.24. The molecule has 2 heterocycles. The molecule has 4 aromatic rings. The Bertz CT molecular complexity index is 1230. The van der Waals surface area contributed by atoms with Gasteiger partial charge in [0.15, 0.2) is 0 Å². The van der Waals surface area contributed by atoms with Crippen molar-refractivity contribution in [1.29, 1.82) is 0 Å². The Kier molecular flexibility index (Phi) is 6.10. The van der Waals surface area contributed by atoms with Crippen molar-refractivity contribution in [2.45, 2.75) is 33.2 Å². The summed E-state index contributed by atoms with van der Waals surface area (Å²) < 4.78 is 8.38. The highest BCUT2D eigenvalue weighted by Gasteiger charge is 2.17. The van der Waals surface area contributed by atoms with Gasteiger partial charge in [0.25, 0.3) is 0 Å². The zero-order valence-electron chi connectivity index (χ0n) is 19.6. The van der Waals surface area contributed by atoms with Crippen molar-refractivity contribution in [1.82, 2.24) is 9.47 Å². The van der Waals surface area contributed by atoms with E-state index in [9.17, 15) is 5.11 Å². The second kappa shape index (κ2) is 9.32. The summed E-state index contributed by atoms with van der Waals surface area (Å²) in [7, 11) is 0. The van der Waals surface area contributed by atoms with Crippen molar-refractivity contribution in [3.8, 4) is 22.8 Å². The Morgan fingerprint density at radius 3 is 2.33 bits per heavy atom. The van der Waals surface area contributed by atoms with Crippen molar-refractivity contribution in [3.05, 3.63) is 83.4 Å². The lowest BCUT2D eigenvalue weighted by Crippen LogP contribution is -2.25. The molecule has 33 heavy (non-hydrogen) atoms. The molecule has 0 atom stereocenters. The van der Waals surface area contributed by atoms with Gasteiger partial charge in [0, 0.05) is 24.0 Å². The van der Waals surface area contributed by atoms with Crippen LogP contribution in [0.25, 0.3) is 22.2 Å². The summed E-state index contributed by atoms with van der Waals surface area (Å²) in [6, 6.07) is 22.7. The average molecular weight is 441 g/mol. The van der Waals surface area contributed by atoms with E-state index in [0.29, 0.717) is 0 Å². The lowest BCUT2D eigenvalue weighted by atomic mass is 10.1. The maximum absolute atomic E-state index is 9.78. The largest absolute Gasteiger partial charge is 0.508 e. The van der Waals surface area contributed by atoms with Crippen LogP contribution in [0.1, 0.15) is 29.5 Å². The van der Waals surface area contributed by atoms with E-state index < -0.39 is 0 Å². The number of rotatable bonds is 7. The molecular formula is C29H32N2O2. The van der Waals surface area contributed by atoms with Crippen LogP contribution in [-0.4, -0.2) is 40.8 Å². The first-order chi connectivity index (χ1) is 16.1. The molecule has 4 heteroatoms. The van der Waals surface area contributed by atoms with Gasteiger partial charge in [-0.25, -0.2) is 0 Å². The predicted octanol–water partition coefficient (Wildman–Crippen LogP) is 6.15. The molecule has 5 rings (SSSR count). The number of fused-ring (bicyclic) bond motifs is 1. The van der Waals surface area contributed by atoms with Crippen LogP contribution in [0.3, 0.4) is 0 Å². The summed E-state index contributed by atoms with van der Waals surface area (Å²) in [6.07, 6.45) is 2.63. The van der Waals surface area contributed by atoms with Crippen LogP contribution in [0.15, 0.2) is 66.7 Å². The summed E-state index contributed by atoms with van der Waals surface area (Å²) >= 11 is 0. The van der Waals surface area contributed by atoms with Crippen LogP contribution in [0.2, 0.25) is 0 Å². The average Bonchev–Trinajstić information content (AvgIpc) is 3.43. The molecule has 0 radical (unpaired) electrons. The minimum atomic E-state index is 0.287. The number of aromatic nitrogens is 1. The van der Waals surface area contributed by atoms with Gasteiger partial charge in [-0.05, 0) is 105 Å². The van der Waals surface area contributed by atoms with Gasteiger partial charge in [0.1, 0.15) is 18.1 Å². The number of nitrogens with zero attached hydrogens (tertiary/aromatic N) is 2. The molecule has 0 aliphatic carbocycles. The first kappa shape index (κ1) is 21.6. The van der Waals surface area contributed by atoms with E-state index in [1.807, 2.05) is 12.1 Å². The third kappa shape index (κ3) is 4.62. The number of likely N-dealkylation sites (tertiary alicyclic amines) is 1. The van der Waals surface area contributed by atoms with E-state index in [0.717, 1.165) is 31.0 Å². The first-order valence-corrected chi connectivity index (χ1v) is 11.9. The third-order valence-electron chi connectivity index (χ3n) is 6.75. The highest BCUT2D eigenvalue weighted by Crippen LogP contribution is 2.35. The van der Waals surface area contributed by atoms with Crippen LogP contribution in [0.5, 0.6) is 11.5 Å². The fourth-order valence-corrected chi connectivity index (χ4v) is 4.96. The highest BCUT2D eigenvalue weighted by atomic mass is 16.5. The second-order valence-corrected chi connectivity index (χ2v) is 9.17. The summed E-state index contributed by atoms with van der Waals surface area (Å²) in [6.45, 7) is 9.26. The van der Waals surface area contributed by atoms with Gasteiger partial charge in [-0.1, -0.05) is 23.8 Å². The van der Waals surface area contributed by atoms with Crippen molar-refractivity contribution in [3.63, 3.8) is 0 Å². The van der Waals surface area contributed by atoms with E-state index in [4.69, 9.17) is 4.74 Å². The molecule has 1 aromatic heterocycles. The molecule has 3 aromatic carbocycles. The number of aromatic hydroxyl groups is 1. The Morgan fingerprint density at radius 1 is 0.879 bits per heavy atom. The quantitative estimate of drug-likeness (QED) is 0.374. The lowest BCUT2D eigenvalue weighted by molar-refractivity contribution is 0.238. The number of phenolic OH excluding ortho intramolecular Hbond substituents is 1. The first-order valence-electron chi connectivity index (χ1n) is 11.9. The van der Waals surface area contributed by atoms with Crippen LogP contribution < -0.4 is 4.74 Å². The van der Waals surface area contributed by atoms with Crippen molar-refractivity contribution in [2.75, 3.05) is 26.2 Å². The van der Waals surface area contributed by atoms with E-state index in [2.05, 4.69) is 65.8 Å². The highest BCUT2D eigenvalue weighted by molar-refractivity contribution is 5.92. The SMILES string of the molecule is Cc1ccc2c(c1)c(C)c(-c1ccc(O)cc1)n2Cc1ccc(OCCN2CCCC2)cc1. The second-order valence-electron chi connectivity index (χ2n) is 9.17. The maximum Gasteiger partial charge on any atom is 0.119 e. The number of ether oxygens (including phenoxy) is 1. The number of hydrogen-bond acceptors (Lipinski definition) is 3. The molecule has 0 unspecified atom stereocenters.